The molecule has 0 unspecified atom stereocenters. The Bertz CT molecular complexity index is 451. The van der Waals surface area contributed by atoms with Crippen LogP contribution in [-0.2, 0) is 0 Å². The highest BCUT2D eigenvalue weighted by atomic mass is 16.5. The van der Waals surface area contributed by atoms with Gasteiger partial charge in [0.1, 0.15) is 0 Å². The van der Waals surface area contributed by atoms with Gasteiger partial charge in [0.15, 0.2) is 11.5 Å². The van der Waals surface area contributed by atoms with Crippen LogP contribution in [0.3, 0.4) is 0 Å². The first-order valence-corrected chi connectivity index (χ1v) is 8.00. The third-order valence-electron chi connectivity index (χ3n) is 3.91. The zero-order chi connectivity index (χ0) is 14.9. The van der Waals surface area contributed by atoms with Crippen molar-refractivity contribution in [1.82, 2.24) is 5.32 Å². The van der Waals surface area contributed by atoms with Gasteiger partial charge in [0.05, 0.1) is 13.7 Å². The SMILES string of the molecule is C/C=C/c1ccc(OCCCNC2CCCC2)c(OC)c1. The molecular weight excluding hydrogens is 262 g/mol. The minimum Gasteiger partial charge on any atom is -0.493 e. The summed E-state index contributed by atoms with van der Waals surface area (Å²) in [6.45, 7) is 3.76. The molecule has 0 aliphatic heterocycles. The third kappa shape index (κ3) is 5.09. The summed E-state index contributed by atoms with van der Waals surface area (Å²) in [6.07, 6.45) is 10.5. The molecule has 21 heavy (non-hydrogen) atoms. The first-order chi connectivity index (χ1) is 10.3. The average molecular weight is 289 g/mol. The van der Waals surface area contributed by atoms with Gasteiger partial charge in [-0.05, 0) is 50.4 Å². The number of allylic oxidation sites excluding steroid dienone is 1. The van der Waals surface area contributed by atoms with Crippen LogP contribution >= 0.6 is 0 Å². The van der Waals surface area contributed by atoms with Gasteiger partial charge in [-0.3, -0.25) is 0 Å². The topological polar surface area (TPSA) is 30.5 Å². The first kappa shape index (κ1) is 15.9. The molecule has 2 rings (SSSR count). The smallest absolute Gasteiger partial charge is 0.161 e. The molecule has 0 heterocycles. The molecule has 0 aromatic heterocycles. The first-order valence-electron chi connectivity index (χ1n) is 8.00. The average Bonchev–Trinajstić information content (AvgIpc) is 3.01. The number of ether oxygens (including phenoxy) is 2. The lowest BCUT2D eigenvalue weighted by molar-refractivity contribution is 0.285. The Morgan fingerprint density at radius 3 is 2.76 bits per heavy atom. The van der Waals surface area contributed by atoms with Crippen LogP contribution in [0.2, 0.25) is 0 Å². The lowest BCUT2D eigenvalue weighted by Crippen LogP contribution is -2.27. The normalized spacial score (nSPS) is 15.7. The molecule has 116 valence electrons. The second-order valence-electron chi connectivity index (χ2n) is 5.55. The van der Waals surface area contributed by atoms with Gasteiger partial charge in [-0.1, -0.05) is 31.1 Å². The molecular formula is C18H27NO2. The summed E-state index contributed by atoms with van der Waals surface area (Å²) in [5, 5.41) is 3.60. The van der Waals surface area contributed by atoms with Crippen LogP contribution < -0.4 is 14.8 Å². The van der Waals surface area contributed by atoms with E-state index in [4.69, 9.17) is 9.47 Å². The molecule has 0 atom stereocenters. The summed E-state index contributed by atoms with van der Waals surface area (Å²) in [7, 11) is 1.68. The Labute approximate surface area is 128 Å². The number of nitrogens with one attached hydrogen (secondary N) is 1. The molecule has 0 saturated heterocycles. The molecule has 1 saturated carbocycles. The number of benzene rings is 1. The fourth-order valence-electron chi connectivity index (χ4n) is 2.79. The molecule has 1 aromatic rings. The van der Waals surface area contributed by atoms with Crippen molar-refractivity contribution >= 4 is 6.08 Å². The molecule has 1 N–H and O–H groups in total. The highest BCUT2D eigenvalue weighted by Gasteiger charge is 2.13. The van der Waals surface area contributed by atoms with Crippen LogP contribution in [0.1, 0.15) is 44.6 Å². The van der Waals surface area contributed by atoms with Gasteiger partial charge in [-0.2, -0.15) is 0 Å². The maximum atomic E-state index is 5.84. The fraction of sp³-hybridized carbons (Fsp3) is 0.556. The molecule has 0 radical (unpaired) electrons. The number of hydrogen-bond donors (Lipinski definition) is 1. The van der Waals surface area contributed by atoms with Crippen LogP contribution in [0.5, 0.6) is 11.5 Å². The zero-order valence-corrected chi connectivity index (χ0v) is 13.2. The van der Waals surface area contributed by atoms with Crippen LogP contribution in [0.25, 0.3) is 6.08 Å². The van der Waals surface area contributed by atoms with E-state index < -0.39 is 0 Å². The molecule has 0 amide bonds. The summed E-state index contributed by atoms with van der Waals surface area (Å²) in [4.78, 5) is 0. The van der Waals surface area contributed by atoms with Crippen molar-refractivity contribution in [3.63, 3.8) is 0 Å². The predicted molar refractivity (Wildman–Crippen MR) is 88.1 cm³/mol. The molecule has 0 spiro atoms. The molecule has 3 nitrogen and oxygen atoms in total. The van der Waals surface area contributed by atoms with Crippen molar-refractivity contribution in [3.05, 3.63) is 29.8 Å². The highest BCUT2D eigenvalue weighted by Crippen LogP contribution is 2.28. The van der Waals surface area contributed by atoms with E-state index in [-0.39, 0.29) is 0 Å². The largest absolute Gasteiger partial charge is 0.493 e. The van der Waals surface area contributed by atoms with Crippen molar-refractivity contribution in [3.8, 4) is 11.5 Å². The molecule has 1 aliphatic carbocycles. The Morgan fingerprint density at radius 1 is 1.24 bits per heavy atom. The molecule has 1 aliphatic rings. The van der Waals surface area contributed by atoms with E-state index in [2.05, 4.69) is 17.5 Å². The van der Waals surface area contributed by atoms with Crippen LogP contribution in [0.15, 0.2) is 24.3 Å². The van der Waals surface area contributed by atoms with Gasteiger partial charge in [0.2, 0.25) is 0 Å². The Kier molecular flexibility index (Phi) is 6.61. The maximum absolute atomic E-state index is 5.84. The van der Waals surface area contributed by atoms with Crippen molar-refractivity contribution in [2.45, 2.75) is 45.1 Å². The second kappa shape index (κ2) is 8.73. The lowest BCUT2D eigenvalue weighted by atomic mass is 10.2. The Balaban J connectivity index is 1.74. The van der Waals surface area contributed by atoms with Crippen molar-refractivity contribution in [2.75, 3.05) is 20.3 Å². The van der Waals surface area contributed by atoms with E-state index in [1.807, 2.05) is 25.1 Å². The van der Waals surface area contributed by atoms with Crippen LogP contribution in [0, 0.1) is 0 Å². The van der Waals surface area contributed by atoms with Gasteiger partial charge in [-0.15, -0.1) is 0 Å². The zero-order valence-electron chi connectivity index (χ0n) is 13.2. The Hall–Kier alpha value is -1.48. The predicted octanol–water partition coefficient (Wildman–Crippen LogP) is 4.03. The Morgan fingerprint density at radius 2 is 2.05 bits per heavy atom. The number of rotatable bonds is 8. The van der Waals surface area contributed by atoms with Gasteiger partial charge >= 0.3 is 0 Å². The standard InChI is InChI=1S/C18H27NO2/c1-3-7-15-10-11-17(18(14-15)20-2)21-13-6-12-19-16-8-4-5-9-16/h3,7,10-11,14,16,19H,4-6,8-9,12-13H2,1-2H3/b7-3+. The van der Waals surface area contributed by atoms with Gasteiger partial charge < -0.3 is 14.8 Å². The maximum Gasteiger partial charge on any atom is 0.161 e. The fourth-order valence-corrected chi connectivity index (χ4v) is 2.79. The molecule has 1 fully saturated rings. The second-order valence-corrected chi connectivity index (χ2v) is 5.55. The quantitative estimate of drug-likeness (QED) is 0.733. The summed E-state index contributed by atoms with van der Waals surface area (Å²) in [5.41, 5.74) is 1.13. The monoisotopic (exact) mass is 289 g/mol. The van der Waals surface area contributed by atoms with E-state index in [1.165, 1.54) is 25.7 Å². The van der Waals surface area contributed by atoms with E-state index >= 15 is 0 Å². The van der Waals surface area contributed by atoms with E-state index in [0.717, 1.165) is 42.7 Å². The van der Waals surface area contributed by atoms with Crippen molar-refractivity contribution < 1.29 is 9.47 Å². The summed E-state index contributed by atoms with van der Waals surface area (Å²) in [6, 6.07) is 6.78. The van der Waals surface area contributed by atoms with Crippen molar-refractivity contribution in [1.29, 1.82) is 0 Å². The summed E-state index contributed by atoms with van der Waals surface area (Å²) in [5.74, 6) is 1.63. The molecule has 3 heteroatoms. The van der Waals surface area contributed by atoms with E-state index in [1.54, 1.807) is 7.11 Å². The number of hydrogen-bond acceptors (Lipinski definition) is 3. The van der Waals surface area contributed by atoms with Crippen LogP contribution in [-0.4, -0.2) is 26.3 Å². The molecule has 1 aromatic carbocycles. The van der Waals surface area contributed by atoms with Gasteiger partial charge in [0.25, 0.3) is 0 Å². The minimum atomic E-state index is 0.721. The summed E-state index contributed by atoms with van der Waals surface area (Å²) >= 11 is 0. The number of methoxy groups -OCH3 is 1. The van der Waals surface area contributed by atoms with Gasteiger partial charge in [0, 0.05) is 6.04 Å². The minimum absolute atomic E-state index is 0.721. The highest BCUT2D eigenvalue weighted by molar-refractivity contribution is 5.55. The van der Waals surface area contributed by atoms with Crippen LogP contribution in [0.4, 0.5) is 0 Å². The van der Waals surface area contributed by atoms with E-state index in [0.29, 0.717) is 0 Å². The van der Waals surface area contributed by atoms with Gasteiger partial charge in [-0.25, -0.2) is 0 Å². The lowest BCUT2D eigenvalue weighted by Gasteiger charge is -2.13. The summed E-state index contributed by atoms with van der Waals surface area (Å²) < 4.78 is 11.2. The van der Waals surface area contributed by atoms with Crippen molar-refractivity contribution in [2.24, 2.45) is 0 Å². The van der Waals surface area contributed by atoms with E-state index in [9.17, 15) is 0 Å². The molecule has 0 bridgehead atoms. The third-order valence-corrected chi connectivity index (χ3v) is 3.91.